The van der Waals surface area contributed by atoms with E-state index >= 15 is 0 Å². The van der Waals surface area contributed by atoms with E-state index in [1.54, 1.807) is 5.38 Å². The van der Waals surface area contributed by atoms with Gasteiger partial charge in [0.2, 0.25) is 10.0 Å². The number of nitrogens with zero attached hydrogens (tertiary/aromatic N) is 1. The minimum absolute atomic E-state index is 0.0409. The van der Waals surface area contributed by atoms with E-state index in [0.29, 0.717) is 12.8 Å². The van der Waals surface area contributed by atoms with Gasteiger partial charge in [0.05, 0.1) is 20.1 Å². The first-order valence-corrected chi connectivity index (χ1v) is 8.97. The molecule has 1 saturated heterocycles. The minimum atomic E-state index is -3.77. The van der Waals surface area contributed by atoms with Crippen LogP contribution in [0.5, 0.6) is 0 Å². The number of rotatable bonds is 4. The molecule has 0 aromatic carbocycles. The van der Waals surface area contributed by atoms with Gasteiger partial charge in [0, 0.05) is 13.1 Å². The Morgan fingerprint density at radius 1 is 1.23 bits per heavy atom. The third-order valence-corrected chi connectivity index (χ3v) is 6.57. The van der Waals surface area contributed by atoms with Crippen molar-refractivity contribution in [2.75, 3.05) is 27.3 Å². The Morgan fingerprint density at radius 2 is 1.86 bits per heavy atom. The van der Waals surface area contributed by atoms with Gasteiger partial charge in [-0.05, 0) is 24.3 Å². The lowest BCUT2D eigenvalue weighted by Crippen LogP contribution is -2.40. The normalized spacial score (nSPS) is 17.2. The molecule has 0 spiro atoms. The van der Waals surface area contributed by atoms with Crippen LogP contribution in [-0.2, 0) is 24.3 Å². The zero-order chi connectivity index (χ0) is 16.3. The summed E-state index contributed by atoms with van der Waals surface area (Å²) < 4.78 is 35.9. The maximum Gasteiger partial charge on any atom is 0.349 e. The van der Waals surface area contributed by atoms with Crippen molar-refractivity contribution in [2.24, 2.45) is 5.92 Å². The van der Waals surface area contributed by atoms with Crippen LogP contribution < -0.4 is 0 Å². The lowest BCUT2D eigenvalue weighted by atomic mass is 9.99. The standard InChI is InChI=1S/C13H17NO6S2/c1-19-12(15)9-3-6-14(7-4-9)22(17,18)10-5-8-21-11(10)13(16)20-2/h5,8-9H,3-4,6-7H2,1-2H3. The average Bonchev–Trinajstić information content (AvgIpc) is 3.04. The van der Waals surface area contributed by atoms with Crippen molar-refractivity contribution in [3.05, 3.63) is 16.3 Å². The van der Waals surface area contributed by atoms with E-state index in [1.807, 2.05) is 0 Å². The fourth-order valence-electron chi connectivity index (χ4n) is 2.38. The van der Waals surface area contributed by atoms with Gasteiger partial charge in [-0.25, -0.2) is 13.2 Å². The summed E-state index contributed by atoms with van der Waals surface area (Å²) in [4.78, 5) is 23.2. The van der Waals surface area contributed by atoms with Gasteiger partial charge in [0.25, 0.3) is 0 Å². The maximum atomic E-state index is 12.6. The molecule has 0 aliphatic carbocycles. The molecule has 0 unspecified atom stereocenters. The molecule has 7 nitrogen and oxygen atoms in total. The molecule has 2 rings (SSSR count). The summed E-state index contributed by atoms with van der Waals surface area (Å²) in [6, 6.07) is 1.40. The van der Waals surface area contributed by atoms with E-state index in [-0.39, 0.29) is 34.7 Å². The van der Waals surface area contributed by atoms with Gasteiger partial charge in [-0.3, -0.25) is 4.79 Å². The monoisotopic (exact) mass is 347 g/mol. The Labute approximate surface area is 132 Å². The first-order chi connectivity index (χ1) is 10.4. The van der Waals surface area contributed by atoms with E-state index in [4.69, 9.17) is 0 Å². The predicted molar refractivity (Wildman–Crippen MR) is 79.2 cm³/mol. The molecule has 2 heterocycles. The quantitative estimate of drug-likeness (QED) is 0.758. The number of piperidine rings is 1. The fourth-order valence-corrected chi connectivity index (χ4v) is 5.16. The number of hydrogen-bond donors (Lipinski definition) is 0. The van der Waals surface area contributed by atoms with E-state index in [0.717, 1.165) is 11.3 Å². The van der Waals surface area contributed by atoms with E-state index in [9.17, 15) is 18.0 Å². The summed E-state index contributed by atoms with van der Waals surface area (Å²) in [5, 5.41) is 1.54. The maximum absolute atomic E-state index is 12.6. The van der Waals surface area contributed by atoms with Gasteiger partial charge < -0.3 is 9.47 Å². The summed E-state index contributed by atoms with van der Waals surface area (Å²) in [6.07, 6.45) is 0.813. The molecule has 1 aliphatic rings. The Balaban J connectivity index is 2.18. The lowest BCUT2D eigenvalue weighted by Gasteiger charge is -2.29. The van der Waals surface area contributed by atoms with Crippen LogP contribution >= 0.6 is 11.3 Å². The number of esters is 2. The second-order valence-electron chi connectivity index (χ2n) is 4.81. The van der Waals surface area contributed by atoms with Gasteiger partial charge in [-0.2, -0.15) is 4.31 Å². The molecule has 1 aromatic heterocycles. The minimum Gasteiger partial charge on any atom is -0.469 e. The van der Waals surface area contributed by atoms with Crippen molar-refractivity contribution in [3.63, 3.8) is 0 Å². The number of methoxy groups -OCH3 is 2. The van der Waals surface area contributed by atoms with Crippen molar-refractivity contribution >= 4 is 33.3 Å². The van der Waals surface area contributed by atoms with Crippen LogP contribution in [-0.4, -0.2) is 52.0 Å². The lowest BCUT2D eigenvalue weighted by molar-refractivity contribution is -0.146. The number of carbonyl (C=O) groups excluding carboxylic acids is 2. The molecule has 9 heteroatoms. The highest BCUT2D eigenvalue weighted by Crippen LogP contribution is 2.29. The zero-order valence-electron chi connectivity index (χ0n) is 12.3. The summed E-state index contributed by atoms with van der Waals surface area (Å²) in [5.74, 6) is -1.26. The SMILES string of the molecule is COC(=O)c1sccc1S(=O)(=O)N1CCC(C(=O)OC)CC1. The van der Waals surface area contributed by atoms with E-state index in [1.165, 1.54) is 24.6 Å². The Kier molecular flexibility index (Phi) is 5.20. The molecular formula is C13H17NO6S2. The molecule has 0 saturated carbocycles. The van der Waals surface area contributed by atoms with Crippen LogP contribution in [0.3, 0.4) is 0 Å². The van der Waals surface area contributed by atoms with Crippen molar-refractivity contribution in [1.29, 1.82) is 0 Å². The van der Waals surface area contributed by atoms with Crippen LogP contribution in [0.2, 0.25) is 0 Å². The Morgan fingerprint density at radius 3 is 2.41 bits per heavy atom. The van der Waals surface area contributed by atoms with E-state index < -0.39 is 16.0 Å². The van der Waals surface area contributed by atoms with E-state index in [2.05, 4.69) is 9.47 Å². The van der Waals surface area contributed by atoms with Crippen LogP contribution in [0.4, 0.5) is 0 Å². The topological polar surface area (TPSA) is 90.0 Å². The fraction of sp³-hybridized carbons (Fsp3) is 0.538. The van der Waals surface area contributed by atoms with Gasteiger partial charge >= 0.3 is 11.9 Å². The predicted octanol–water partition coefficient (Wildman–Crippen LogP) is 1.11. The Bertz CT molecular complexity index is 658. The van der Waals surface area contributed by atoms with Crippen molar-refractivity contribution in [1.82, 2.24) is 4.31 Å². The summed E-state index contributed by atoms with van der Waals surface area (Å²) in [7, 11) is -1.24. The van der Waals surface area contributed by atoms with Gasteiger partial charge in [0.1, 0.15) is 9.77 Å². The molecule has 0 atom stereocenters. The van der Waals surface area contributed by atoms with Crippen molar-refractivity contribution < 1.29 is 27.5 Å². The molecule has 1 fully saturated rings. The van der Waals surface area contributed by atoms with Crippen molar-refractivity contribution in [2.45, 2.75) is 17.7 Å². The molecule has 1 aromatic rings. The van der Waals surface area contributed by atoms with Crippen LogP contribution in [0, 0.1) is 5.92 Å². The van der Waals surface area contributed by atoms with Gasteiger partial charge in [0.15, 0.2) is 0 Å². The number of sulfonamides is 1. The summed E-state index contributed by atoms with van der Waals surface area (Å²) >= 11 is 1.03. The second-order valence-corrected chi connectivity index (χ2v) is 7.63. The number of hydrogen-bond acceptors (Lipinski definition) is 7. The third-order valence-electron chi connectivity index (χ3n) is 3.61. The Hall–Kier alpha value is -1.45. The molecule has 0 bridgehead atoms. The molecule has 122 valence electrons. The molecule has 0 radical (unpaired) electrons. The zero-order valence-corrected chi connectivity index (χ0v) is 13.9. The highest BCUT2D eigenvalue weighted by atomic mass is 32.2. The first kappa shape index (κ1) is 16.9. The average molecular weight is 347 g/mol. The number of thiophene rings is 1. The van der Waals surface area contributed by atoms with Crippen LogP contribution in [0.25, 0.3) is 0 Å². The summed E-state index contributed by atoms with van der Waals surface area (Å²) in [6.45, 7) is 0.442. The van der Waals surface area contributed by atoms with Gasteiger partial charge in [-0.1, -0.05) is 0 Å². The number of carbonyl (C=O) groups is 2. The molecule has 0 N–H and O–H groups in total. The van der Waals surface area contributed by atoms with Crippen LogP contribution in [0.1, 0.15) is 22.5 Å². The van der Waals surface area contributed by atoms with Crippen molar-refractivity contribution in [3.8, 4) is 0 Å². The van der Waals surface area contributed by atoms with Gasteiger partial charge in [-0.15, -0.1) is 11.3 Å². The smallest absolute Gasteiger partial charge is 0.349 e. The molecule has 1 aliphatic heterocycles. The highest BCUT2D eigenvalue weighted by Gasteiger charge is 2.35. The molecule has 22 heavy (non-hydrogen) atoms. The largest absolute Gasteiger partial charge is 0.469 e. The molecule has 0 amide bonds. The highest BCUT2D eigenvalue weighted by molar-refractivity contribution is 7.89. The van der Waals surface area contributed by atoms with Crippen LogP contribution in [0.15, 0.2) is 16.3 Å². The molecular weight excluding hydrogens is 330 g/mol. The number of ether oxygens (including phenoxy) is 2. The summed E-state index contributed by atoms with van der Waals surface area (Å²) in [5.41, 5.74) is 0. The first-order valence-electron chi connectivity index (χ1n) is 6.65. The second kappa shape index (κ2) is 6.76. The third kappa shape index (κ3) is 3.16.